The van der Waals surface area contributed by atoms with Gasteiger partial charge in [0.25, 0.3) is 0 Å². The molecule has 2 aliphatic rings. The van der Waals surface area contributed by atoms with Crippen LogP contribution in [0.25, 0.3) is 0 Å². The van der Waals surface area contributed by atoms with Crippen molar-refractivity contribution in [1.82, 2.24) is 0 Å². The molecule has 0 aromatic carbocycles. The van der Waals surface area contributed by atoms with Crippen LogP contribution >= 0.6 is 0 Å². The quantitative estimate of drug-likeness (QED) is 0.329. The fourth-order valence-corrected chi connectivity index (χ4v) is 5.16. The lowest BCUT2D eigenvalue weighted by atomic mass is 9.74. The van der Waals surface area contributed by atoms with E-state index in [9.17, 15) is 29.8 Å². The maximum absolute atomic E-state index is 11.4. The van der Waals surface area contributed by atoms with E-state index in [0.29, 0.717) is 12.8 Å². The molecule has 0 radical (unpaired) electrons. The van der Waals surface area contributed by atoms with Gasteiger partial charge in [0, 0.05) is 46.4 Å². The van der Waals surface area contributed by atoms with Crippen LogP contribution in [0.2, 0.25) is 0 Å². The van der Waals surface area contributed by atoms with E-state index in [1.54, 1.807) is 6.92 Å². The summed E-state index contributed by atoms with van der Waals surface area (Å²) in [6, 6.07) is -0.980. The lowest BCUT2D eigenvalue weighted by Crippen LogP contribution is -2.39. The van der Waals surface area contributed by atoms with Gasteiger partial charge in [0.2, 0.25) is 12.1 Å². The molecule has 8 heteroatoms. The fraction of sp³-hybridized carbons (Fsp3) is 0.905. The van der Waals surface area contributed by atoms with Gasteiger partial charge >= 0.3 is 0 Å². The Morgan fingerprint density at radius 2 is 1.34 bits per heavy atom. The first-order valence-corrected chi connectivity index (χ1v) is 11.0. The molecule has 2 aliphatic carbocycles. The van der Waals surface area contributed by atoms with Crippen molar-refractivity contribution in [2.75, 3.05) is 0 Å². The van der Waals surface area contributed by atoms with E-state index < -0.39 is 12.1 Å². The van der Waals surface area contributed by atoms with Crippen LogP contribution in [0.5, 0.6) is 0 Å². The molecule has 3 unspecified atom stereocenters. The lowest BCUT2D eigenvalue weighted by Gasteiger charge is -2.30. The number of nitrogens with zero attached hydrogens (tertiary/aromatic N) is 2. The monoisotopic (exact) mass is 412 g/mol. The normalized spacial score (nSPS) is 28.9. The number of aldehydes is 1. The van der Waals surface area contributed by atoms with Crippen LogP contribution in [0.1, 0.15) is 85.0 Å². The minimum absolute atomic E-state index is 0.0266. The number of hydrogen-bond donors (Lipinski definition) is 0. The zero-order chi connectivity index (χ0) is 22.0. The third-order valence-corrected chi connectivity index (χ3v) is 6.78. The summed E-state index contributed by atoms with van der Waals surface area (Å²) in [4.78, 5) is 43.5. The summed E-state index contributed by atoms with van der Waals surface area (Å²) >= 11 is 0. The lowest BCUT2D eigenvalue weighted by molar-refractivity contribution is -0.537. The minimum Gasteiger partial charge on any atom is -0.303 e. The van der Waals surface area contributed by atoms with E-state index in [0.717, 1.165) is 57.7 Å². The largest absolute Gasteiger partial charge is 0.303 e. The molecular formula is C21H36N2O6. The minimum atomic E-state index is -0.493. The number of carbonyl (C=O) groups excluding carboxylic acids is 2. The molecule has 29 heavy (non-hydrogen) atoms. The second-order valence-corrected chi connectivity index (χ2v) is 8.44. The zero-order valence-electron chi connectivity index (χ0n) is 18.0. The van der Waals surface area contributed by atoms with Crippen molar-refractivity contribution in [2.24, 2.45) is 23.7 Å². The van der Waals surface area contributed by atoms with Gasteiger partial charge in [-0.1, -0.05) is 26.7 Å². The molecule has 0 spiro atoms. The highest BCUT2D eigenvalue weighted by atomic mass is 16.6. The highest BCUT2D eigenvalue weighted by Crippen LogP contribution is 2.34. The van der Waals surface area contributed by atoms with Crippen molar-refractivity contribution >= 4 is 12.1 Å². The Hall–Kier alpha value is -1.86. The summed E-state index contributed by atoms with van der Waals surface area (Å²) in [6.45, 7) is 5.42. The van der Waals surface area contributed by atoms with Crippen LogP contribution < -0.4 is 0 Å². The number of hydrogen-bond acceptors (Lipinski definition) is 6. The first kappa shape index (κ1) is 25.2. The second-order valence-electron chi connectivity index (χ2n) is 8.44. The Morgan fingerprint density at radius 3 is 1.72 bits per heavy atom. The molecule has 166 valence electrons. The summed E-state index contributed by atoms with van der Waals surface area (Å²) in [5.41, 5.74) is 0. The third kappa shape index (κ3) is 7.16. The van der Waals surface area contributed by atoms with Gasteiger partial charge in [-0.05, 0) is 45.4 Å². The molecule has 6 atom stereocenters. The van der Waals surface area contributed by atoms with Crippen LogP contribution in [0.15, 0.2) is 0 Å². The molecule has 0 amide bonds. The van der Waals surface area contributed by atoms with Gasteiger partial charge in [-0.25, -0.2) is 0 Å². The Balaban J connectivity index is 0.000000291. The van der Waals surface area contributed by atoms with E-state index in [2.05, 4.69) is 0 Å². The Morgan fingerprint density at radius 1 is 0.897 bits per heavy atom. The van der Waals surface area contributed by atoms with Gasteiger partial charge in [0.1, 0.15) is 12.1 Å². The molecule has 0 aliphatic heterocycles. The SMILES string of the molecule is CCC(C(C)=O)C1CCCCC1[N+](=O)[O-].CC[C@H](C=O)[C@@H]1CCCC[C@@H]1[N+](=O)[O-]. The standard InChI is InChI=1S/C11H19NO3.C10H17NO3/c1-3-9(8(2)13)10-6-4-5-7-11(10)12(14)15;1-2-8(7-12)9-5-3-4-6-10(9)11(13)14/h9-11H,3-7H2,1-2H3;7-10H,2-6H2,1H3/t;8-,9+,10+/m.1/s1. The molecule has 2 fully saturated rings. The smallest absolute Gasteiger partial charge is 0.216 e. The summed E-state index contributed by atoms with van der Waals surface area (Å²) < 4.78 is 0. The van der Waals surface area contributed by atoms with Crippen molar-refractivity contribution in [1.29, 1.82) is 0 Å². The summed E-state index contributed by atoms with van der Waals surface area (Å²) in [5.74, 6) is -0.180. The number of rotatable bonds is 8. The number of nitro groups is 2. The van der Waals surface area contributed by atoms with Gasteiger partial charge in [-0.3, -0.25) is 25.0 Å². The Labute approximate surface area is 173 Å². The van der Waals surface area contributed by atoms with Crippen LogP contribution in [-0.4, -0.2) is 34.0 Å². The maximum Gasteiger partial charge on any atom is 0.216 e. The average molecular weight is 413 g/mol. The fourth-order valence-electron chi connectivity index (χ4n) is 5.16. The van der Waals surface area contributed by atoms with E-state index in [1.807, 2.05) is 13.8 Å². The van der Waals surface area contributed by atoms with Gasteiger partial charge in [-0.15, -0.1) is 0 Å². The van der Waals surface area contributed by atoms with Gasteiger partial charge < -0.3 is 4.79 Å². The van der Waals surface area contributed by atoms with Crippen molar-refractivity contribution in [3.63, 3.8) is 0 Å². The van der Waals surface area contributed by atoms with E-state index in [-0.39, 0.29) is 39.3 Å². The molecule has 0 heterocycles. The Bertz CT molecular complexity index is 551. The predicted molar refractivity (Wildman–Crippen MR) is 110 cm³/mol. The molecule has 0 saturated heterocycles. The van der Waals surface area contributed by atoms with Crippen molar-refractivity contribution in [3.05, 3.63) is 20.2 Å². The van der Waals surface area contributed by atoms with E-state index in [1.165, 1.54) is 0 Å². The number of ketones is 1. The summed E-state index contributed by atoms with van der Waals surface area (Å²) in [6.07, 6.45) is 9.21. The molecule has 2 rings (SSSR count). The third-order valence-electron chi connectivity index (χ3n) is 6.78. The molecule has 0 aromatic heterocycles. The van der Waals surface area contributed by atoms with E-state index >= 15 is 0 Å². The van der Waals surface area contributed by atoms with Gasteiger partial charge in [0.15, 0.2) is 0 Å². The van der Waals surface area contributed by atoms with Crippen LogP contribution in [-0.2, 0) is 9.59 Å². The van der Waals surface area contributed by atoms with E-state index in [4.69, 9.17) is 0 Å². The topological polar surface area (TPSA) is 120 Å². The highest BCUT2D eigenvalue weighted by molar-refractivity contribution is 5.78. The summed E-state index contributed by atoms with van der Waals surface area (Å²) in [5, 5.41) is 21.7. The number of Topliss-reactive ketones (excluding diaryl/α,β-unsaturated/α-hetero) is 1. The molecule has 0 aromatic rings. The first-order chi connectivity index (χ1) is 13.8. The van der Waals surface area contributed by atoms with Crippen molar-refractivity contribution in [2.45, 2.75) is 97.1 Å². The molecular weight excluding hydrogens is 376 g/mol. The van der Waals surface area contributed by atoms with Gasteiger partial charge in [-0.2, -0.15) is 0 Å². The van der Waals surface area contributed by atoms with Crippen LogP contribution in [0, 0.1) is 43.9 Å². The maximum atomic E-state index is 11.4. The zero-order valence-corrected chi connectivity index (χ0v) is 18.0. The molecule has 2 saturated carbocycles. The second kappa shape index (κ2) is 12.6. The van der Waals surface area contributed by atoms with Crippen LogP contribution in [0.4, 0.5) is 0 Å². The molecule has 0 N–H and O–H groups in total. The molecule has 0 bridgehead atoms. The molecule has 8 nitrogen and oxygen atoms in total. The van der Waals surface area contributed by atoms with Crippen LogP contribution in [0.3, 0.4) is 0 Å². The Kier molecular flexibility index (Phi) is 11.0. The van der Waals surface area contributed by atoms with Crippen molar-refractivity contribution in [3.8, 4) is 0 Å². The first-order valence-electron chi connectivity index (χ1n) is 11.0. The van der Waals surface area contributed by atoms with Gasteiger partial charge in [0.05, 0.1) is 0 Å². The summed E-state index contributed by atoms with van der Waals surface area (Å²) in [7, 11) is 0. The highest BCUT2D eigenvalue weighted by Gasteiger charge is 2.40. The van der Waals surface area contributed by atoms with Crippen molar-refractivity contribution < 1.29 is 19.4 Å². The average Bonchev–Trinajstić information content (AvgIpc) is 2.70. The number of carbonyl (C=O) groups is 2. The predicted octanol–water partition coefficient (Wildman–Crippen LogP) is 4.48.